The maximum Gasteiger partial charge on any atom is 0.330 e. The average Bonchev–Trinajstić information content (AvgIpc) is 2.81. The summed E-state index contributed by atoms with van der Waals surface area (Å²) in [5.74, 6) is 0.00965. The van der Waals surface area contributed by atoms with Crippen LogP contribution in [-0.2, 0) is 6.54 Å². The standard InChI is InChI=1S/C26H32N4O3/c1-4-5-16-30-23(27)22(24(31)28-26(30)33)29(17-15-18(2)3)25(32)21-13-11-20(12-14-21)19-9-7-6-8-10-19/h6-14,18H,4-5,15-17,27H2,1-3H3,(H,28,31,33). The van der Waals surface area contributed by atoms with Crippen LogP contribution in [0.1, 0.15) is 50.4 Å². The fourth-order valence-electron chi connectivity index (χ4n) is 3.67. The maximum absolute atomic E-state index is 13.6. The number of carbonyl (C=O) groups excluding carboxylic acids is 1. The molecule has 7 nitrogen and oxygen atoms in total. The van der Waals surface area contributed by atoms with Crippen LogP contribution in [0.15, 0.2) is 64.2 Å². The molecule has 0 aliphatic heterocycles. The first-order chi connectivity index (χ1) is 15.8. The van der Waals surface area contributed by atoms with Gasteiger partial charge in [-0.1, -0.05) is 69.7 Å². The predicted octanol–water partition coefficient (Wildman–Crippen LogP) is 4.28. The molecule has 0 unspecified atom stereocenters. The van der Waals surface area contributed by atoms with Gasteiger partial charge in [-0.05, 0) is 42.0 Å². The van der Waals surface area contributed by atoms with Crippen molar-refractivity contribution in [2.45, 2.75) is 46.6 Å². The zero-order chi connectivity index (χ0) is 24.0. The Morgan fingerprint density at radius 2 is 1.67 bits per heavy atom. The molecule has 174 valence electrons. The SMILES string of the molecule is CCCCn1c(N)c(N(CCC(C)C)C(=O)c2ccc(-c3ccccc3)cc2)c(=O)[nH]c1=O. The van der Waals surface area contributed by atoms with E-state index in [0.717, 1.165) is 24.0 Å². The van der Waals surface area contributed by atoms with Crippen molar-refractivity contribution in [2.24, 2.45) is 5.92 Å². The second kappa shape index (κ2) is 10.8. The lowest BCUT2D eigenvalue weighted by Gasteiger charge is -2.25. The number of aromatic nitrogens is 2. The molecule has 0 spiro atoms. The first-order valence-corrected chi connectivity index (χ1v) is 11.4. The molecule has 0 aliphatic carbocycles. The summed E-state index contributed by atoms with van der Waals surface area (Å²) in [4.78, 5) is 42.4. The number of rotatable bonds is 9. The predicted molar refractivity (Wildman–Crippen MR) is 134 cm³/mol. The molecule has 0 aliphatic rings. The van der Waals surface area contributed by atoms with Gasteiger partial charge in [0.15, 0.2) is 5.69 Å². The Hall–Kier alpha value is -3.61. The van der Waals surface area contributed by atoms with Gasteiger partial charge in [0, 0.05) is 18.7 Å². The van der Waals surface area contributed by atoms with Gasteiger partial charge in [0.2, 0.25) is 0 Å². The lowest BCUT2D eigenvalue weighted by molar-refractivity contribution is 0.0985. The molecule has 3 aromatic rings. The van der Waals surface area contributed by atoms with Crippen LogP contribution >= 0.6 is 0 Å². The van der Waals surface area contributed by atoms with E-state index in [0.29, 0.717) is 31.0 Å². The summed E-state index contributed by atoms with van der Waals surface area (Å²) >= 11 is 0. The van der Waals surface area contributed by atoms with Gasteiger partial charge >= 0.3 is 5.69 Å². The Labute approximate surface area is 193 Å². The van der Waals surface area contributed by atoms with E-state index >= 15 is 0 Å². The number of H-pyrrole nitrogens is 1. The Kier molecular flexibility index (Phi) is 7.87. The zero-order valence-corrected chi connectivity index (χ0v) is 19.5. The van der Waals surface area contributed by atoms with E-state index in [1.54, 1.807) is 12.1 Å². The molecule has 0 saturated carbocycles. The molecule has 3 rings (SSSR count). The number of carbonyl (C=O) groups is 1. The monoisotopic (exact) mass is 448 g/mol. The molecular weight excluding hydrogens is 416 g/mol. The fourth-order valence-corrected chi connectivity index (χ4v) is 3.67. The topological polar surface area (TPSA) is 101 Å². The number of amides is 1. The number of anilines is 2. The number of nitrogens with one attached hydrogen (secondary N) is 1. The molecule has 0 saturated heterocycles. The first-order valence-electron chi connectivity index (χ1n) is 11.4. The Balaban J connectivity index is 2.02. The molecule has 33 heavy (non-hydrogen) atoms. The first kappa shape index (κ1) is 24.0. The smallest absolute Gasteiger partial charge is 0.330 e. The molecule has 2 aromatic carbocycles. The molecule has 1 heterocycles. The largest absolute Gasteiger partial charge is 0.383 e. The van der Waals surface area contributed by atoms with Crippen LogP contribution in [0.25, 0.3) is 11.1 Å². The summed E-state index contributed by atoms with van der Waals surface area (Å²) in [6.07, 6.45) is 2.28. The van der Waals surface area contributed by atoms with Crippen LogP contribution < -0.4 is 21.9 Å². The van der Waals surface area contributed by atoms with Crippen LogP contribution in [0.4, 0.5) is 11.5 Å². The average molecular weight is 449 g/mol. The number of benzene rings is 2. The van der Waals surface area contributed by atoms with Gasteiger partial charge in [-0.2, -0.15) is 0 Å². The normalized spacial score (nSPS) is 11.0. The number of nitrogens with two attached hydrogens (primary N) is 1. The third-order valence-corrected chi connectivity index (χ3v) is 5.63. The number of nitrogen functional groups attached to an aromatic ring is 1. The molecule has 0 radical (unpaired) electrons. The van der Waals surface area contributed by atoms with Crippen LogP contribution in [0, 0.1) is 5.92 Å². The highest BCUT2D eigenvalue weighted by atomic mass is 16.2. The van der Waals surface area contributed by atoms with Crippen molar-refractivity contribution in [3.63, 3.8) is 0 Å². The van der Waals surface area contributed by atoms with Crippen molar-refractivity contribution < 1.29 is 4.79 Å². The van der Waals surface area contributed by atoms with Crippen molar-refractivity contribution in [3.05, 3.63) is 81.0 Å². The minimum Gasteiger partial charge on any atom is -0.383 e. The summed E-state index contributed by atoms with van der Waals surface area (Å²) in [5.41, 5.74) is 7.61. The number of nitrogens with zero attached hydrogens (tertiary/aromatic N) is 2. The molecule has 7 heteroatoms. The van der Waals surface area contributed by atoms with Crippen molar-refractivity contribution >= 4 is 17.4 Å². The fraction of sp³-hybridized carbons (Fsp3) is 0.346. The van der Waals surface area contributed by atoms with E-state index in [1.807, 2.05) is 63.2 Å². The quantitative estimate of drug-likeness (QED) is 0.510. The molecule has 3 N–H and O–H groups in total. The van der Waals surface area contributed by atoms with Gasteiger partial charge in [0.25, 0.3) is 11.5 Å². The van der Waals surface area contributed by atoms with Crippen LogP contribution in [0.2, 0.25) is 0 Å². The summed E-state index contributed by atoms with van der Waals surface area (Å²) in [7, 11) is 0. The van der Waals surface area contributed by atoms with Crippen LogP contribution in [0.3, 0.4) is 0 Å². The van der Waals surface area contributed by atoms with Crippen molar-refractivity contribution in [1.29, 1.82) is 0 Å². The highest BCUT2D eigenvalue weighted by Crippen LogP contribution is 2.23. The third-order valence-electron chi connectivity index (χ3n) is 5.63. The van der Waals surface area contributed by atoms with Crippen molar-refractivity contribution in [3.8, 4) is 11.1 Å². The minimum absolute atomic E-state index is 0.0233. The molecule has 0 bridgehead atoms. The van der Waals surface area contributed by atoms with E-state index in [2.05, 4.69) is 4.98 Å². The summed E-state index contributed by atoms with van der Waals surface area (Å²) in [6.45, 7) is 6.80. The second-order valence-corrected chi connectivity index (χ2v) is 8.58. The van der Waals surface area contributed by atoms with Gasteiger partial charge in [-0.25, -0.2) is 4.79 Å². The molecule has 0 fully saturated rings. The van der Waals surface area contributed by atoms with Gasteiger partial charge in [0.05, 0.1) is 0 Å². The number of unbranched alkanes of at least 4 members (excludes halogenated alkanes) is 1. The number of hydrogen-bond donors (Lipinski definition) is 2. The van der Waals surface area contributed by atoms with E-state index < -0.39 is 11.2 Å². The summed E-state index contributed by atoms with van der Waals surface area (Å²) in [6, 6.07) is 17.2. The Bertz CT molecular complexity index is 1190. The highest BCUT2D eigenvalue weighted by molar-refractivity contribution is 6.07. The van der Waals surface area contributed by atoms with E-state index in [4.69, 9.17) is 5.73 Å². The van der Waals surface area contributed by atoms with E-state index in [1.165, 1.54) is 9.47 Å². The van der Waals surface area contributed by atoms with E-state index in [9.17, 15) is 14.4 Å². The third kappa shape index (κ3) is 5.61. The Morgan fingerprint density at radius 1 is 1.03 bits per heavy atom. The minimum atomic E-state index is -0.650. The zero-order valence-electron chi connectivity index (χ0n) is 19.5. The van der Waals surface area contributed by atoms with Gasteiger partial charge in [0.1, 0.15) is 5.82 Å². The second-order valence-electron chi connectivity index (χ2n) is 8.58. The summed E-state index contributed by atoms with van der Waals surface area (Å²) < 4.78 is 1.34. The van der Waals surface area contributed by atoms with Gasteiger partial charge in [-0.3, -0.25) is 19.1 Å². The number of hydrogen-bond acceptors (Lipinski definition) is 4. The molecule has 1 aromatic heterocycles. The summed E-state index contributed by atoms with van der Waals surface area (Å²) in [5, 5.41) is 0. The Morgan fingerprint density at radius 3 is 2.27 bits per heavy atom. The lowest BCUT2D eigenvalue weighted by Crippen LogP contribution is -2.42. The van der Waals surface area contributed by atoms with Crippen LogP contribution in [0.5, 0.6) is 0 Å². The maximum atomic E-state index is 13.6. The molecule has 1 amide bonds. The van der Waals surface area contributed by atoms with Crippen LogP contribution in [-0.4, -0.2) is 22.0 Å². The lowest BCUT2D eigenvalue weighted by atomic mass is 10.0. The number of aromatic amines is 1. The molecular formula is C26H32N4O3. The van der Waals surface area contributed by atoms with Gasteiger partial charge in [-0.15, -0.1) is 0 Å². The van der Waals surface area contributed by atoms with Gasteiger partial charge < -0.3 is 10.6 Å². The highest BCUT2D eigenvalue weighted by Gasteiger charge is 2.25. The van der Waals surface area contributed by atoms with Crippen molar-refractivity contribution in [1.82, 2.24) is 9.55 Å². The van der Waals surface area contributed by atoms with E-state index in [-0.39, 0.29) is 17.4 Å². The van der Waals surface area contributed by atoms with Crippen molar-refractivity contribution in [2.75, 3.05) is 17.2 Å². The molecule has 0 atom stereocenters.